The van der Waals surface area contributed by atoms with E-state index in [4.69, 9.17) is 4.74 Å². The van der Waals surface area contributed by atoms with Gasteiger partial charge in [0.1, 0.15) is 11.9 Å². The van der Waals surface area contributed by atoms with E-state index >= 15 is 0 Å². The molecule has 0 aliphatic carbocycles. The second kappa shape index (κ2) is 11.3. The lowest BCUT2D eigenvalue weighted by molar-refractivity contribution is -0.119. The largest absolute Gasteiger partial charge is 0.488 e. The van der Waals surface area contributed by atoms with Crippen molar-refractivity contribution in [2.24, 2.45) is 0 Å². The molecule has 31 heavy (non-hydrogen) atoms. The summed E-state index contributed by atoms with van der Waals surface area (Å²) < 4.78 is 6.26. The van der Waals surface area contributed by atoms with Gasteiger partial charge in [-0.15, -0.1) is 0 Å². The predicted molar refractivity (Wildman–Crippen MR) is 121 cm³/mol. The van der Waals surface area contributed by atoms with Crippen LogP contribution in [0.4, 0.5) is 10.5 Å². The summed E-state index contributed by atoms with van der Waals surface area (Å²) in [5.41, 5.74) is 2.68. The molecule has 160 valence electrons. The molecule has 0 aliphatic rings. The van der Waals surface area contributed by atoms with E-state index in [1.165, 1.54) is 6.92 Å². The molecule has 0 spiro atoms. The number of carbonyl (C=O) groups is 2. The van der Waals surface area contributed by atoms with Gasteiger partial charge in [0, 0.05) is 43.5 Å². The van der Waals surface area contributed by atoms with Gasteiger partial charge in [-0.05, 0) is 23.8 Å². The maximum atomic E-state index is 12.1. The molecule has 0 saturated carbocycles. The fourth-order valence-corrected chi connectivity index (χ4v) is 3.02. The Kier molecular flexibility index (Phi) is 7.99. The van der Waals surface area contributed by atoms with Gasteiger partial charge < -0.3 is 20.7 Å². The van der Waals surface area contributed by atoms with Crippen molar-refractivity contribution in [3.63, 3.8) is 0 Å². The van der Waals surface area contributed by atoms with E-state index in [-0.39, 0.29) is 18.0 Å². The smallest absolute Gasteiger partial charge is 0.319 e. The van der Waals surface area contributed by atoms with Crippen LogP contribution in [-0.4, -0.2) is 36.1 Å². The van der Waals surface area contributed by atoms with Crippen molar-refractivity contribution in [3.8, 4) is 16.9 Å². The van der Waals surface area contributed by atoms with Crippen molar-refractivity contribution in [1.29, 1.82) is 0 Å². The van der Waals surface area contributed by atoms with Crippen LogP contribution in [0.2, 0.25) is 0 Å². The summed E-state index contributed by atoms with van der Waals surface area (Å²) in [6.45, 7) is 2.19. The van der Waals surface area contributed by atoms with Crippen LogP contribution >= 0.6 is 0 Å². The van der Waals surface area contributed by atoms with Crippen LogP contribution < -0.4 is 20.7 Å². The van der Waals surface area contributed by atoms with Gasteiger partial charge >= 0.3 is 6.03 Å². The van der Waals surface area contributed by atoms with E-state index in [0.717, 1.165) is 16.9 Å². The summed E-state index contributed by atoms with van der Waals surface area (Å²) in [7, 11) is 0. The summed E-state index contributed by atoms with van der Waals surface area (Å²) in [6, 6.07) is 20.9. The van der Waals surface area contributed by atoms with Gasteiger partial charge in [-0.1, -0.05) is 48.5 Å². The fourth-order valence-electron chi connectivity index (χ4n) is 3.02. The highest BCUT2D eigenvalue weighted by Gasteiger charge is 2.15. The Labute approximate surface area is 181 Å². The molecule has 2 aromatic carbocycles. The van der Waals surface area contributed by atoms with Crippen LogP contribution in [0.1, 0.15) is 13.3 Å². The van der Waals surface area contributed by atoms with Crippen molar-refractivity contribution in [1.82, 2.24) is 15.6 Å². The minimum absolute atomic E-state index is 0.131. The number of rotatable bonds is 9. The normalized spacial score (nSPS) is 11.3. The number of amides is 3. The number of hydrogen-bond donors (Lipinski definition) is 3. The number of nitrogens with zero attached hydrogens (tertiary/aromatic N) is 1. The van der Waals surface area contributed by atoms with E-state index in [0.29, 0.717) is 25.2 Å². The zero-order valence-electron chi connectivity index (χ0n) is 17.4. The first-order valence-corrected chi connectivity index (χ1v) is 10.1. The third kappa shape index (κ3) is 7.15. The average molecular weight is 418 g/mol. The number of anilines is 1. The van der Waals surface area contributed by atoms with Gasteiger partial charge in [0.15, 0.2) is 0 Å². The molecule has 1 atom stereocenters. The maximum absolute atomic E-state index is 12.1. The van der Waals surface area contributed by atoms with Crippen molar-refractivity contribution < 1.29 is 14.3 Å². The summed E-state index contributed by atoms with van der Waals surface area (Å²) in [5, 5.41) is 8.37. The number of para-hydroxylation sites is 1. The molecule has 3 amide bonds. The quantitative estimate of drug-likeness (QED) is 0.492. The number of nitrogens with one attached hydrogen (secondary N) is 3. The second-order valence-corrected chi connectivity index (χ2v) is 6.94. The molecular formula is C24H26N4O3. The molecule has 3 N–H and O–H groups in total. The van der Waals surface area contributed by atoms with Gasteiger partial charge in [0.05, 0.1) is 6.54 Å². The van der Waals surface area contributed by atoms with Crippen LogP contribution in [-0.2, 0) is 4.79 Å². The molecule has 0 fully saturated rings. The summed E-state index contributed by atoms with van der Waals surface area (Å²) in [4.78, 5) is 27.4. The summed E-state index contributed by atoms with van der Waals surface area (Å²) in [5.74, 6) is 0.596. The van der Waals surface area contributed by atoms with Crippen LogP contribution in [0.15, 0.2) is 79.1 Å². The Morgan fingerprint density at radius 2 is 1.65 bits per heavy atom. The molecule has 7 heteroatoms. The Bertz CT molecular complexity index is 980. The lowest BCUT2D eigenvalue weighted by Crippen LogP contribution is -2.38. The molecule has 3 rings (SSSR count). The van der Waals surface area contributed by atoms with Gasteiger partial charge in [-0.3, -0.25) is 9.78 Å². The molecule has 1 aromatic heterocycles. The maximum Gasteiger partial charge on any atom is 0.319 e. The van der Waals surface area contributed by atoms with E-state index in [1.54, 1.807) is 24.5 Å². The third-order valence-corrected chi connectivity index (χ3v) is 4.53. The highest BCUT2D eigenvalue weighted by atomic mass is 16.5. The standard InChI is InChI=1S/C24H26N4O3/c1-18(29)27-17-21(13-16-26-24(30)28-20-11-14-25-15-12-20)31-23-10-6-5-9-22(23)19-7-3-2-4-8-19/h2-12,14-15,21H,13,16-17H2,1H3,(H,27,29)(H2,25,26,28,30). The lowest BCUT2D eigenvalue weighted by Gasteiger charge is -2.22. The predicted octanol–water partition coefficient (Wildman–Crippen LogP) is 3.84. The fraction of sp³-hybridized carbons (Fsp3) is 0.208. The zero-order chi connectivity index (χ0) is 21.9. The molecule has 0 radical (unpaired) electrons. The molecule has 1 unspecified atom stereocenters. The van der Waals surface area contributed by atoms with Crippen LogP contribution in [0.3, 0.4) is 0 Å². The average Bonchev–Trinajstić information content (AvgIpc) is 2.79. The van der Waals surface area contributed by atoms with Crippen LogP contribution in [0.25, 0.3) is 11.1 Å². The van der Waals surface area contributed by atoms with Crippen molar-refractivity contribution in [2.45, 2.75) is 19.4 Å². The highest BCUT2D eigenvalue weighted by Crippen LogP contribution is 2.30. The SMILES string of the molecule is CC(=O)NCC(CCNC(=O)Nc1ccncc1)Oc1ccccc1-c1ccccc1. The van der Waals surface area contributed by atoms with E-state index < -0.39 is 0 Å². The van der Waals surface area contributed by atoms with Gasteiger partial charge in [-0.2, -0.15) is 0 Å². The molecule has 7 nitrogen and oxygen atoms in total. The van der Waals surface area contributed by atoms with Crippen LogP contribution in [0.5, 0.6) is 5.75 Å². The number of aromatic nitrogens is 1. The van der Waals surface area contributed by atoms with Crippen LogP contribution in [0, 0.1) is 0 Å². The Morgan fingerprint density at radius 1 is 0.935 bits per heavy atom. The highest BCUT2D eigenvalue weighted by molar-refractivity contribution is 5.89. The van der Waals surface area contributed by atoms with E-state index in [9.17, 15) is 9.59 Å². The minimum atomic E-state index is -0.311. The first-order valence-electron chi connectivity index (χ1n) is 10.1. The third-order valence-electron chi connectivity index (χ3n) is 4.53. The van der Waals surface area contributed by atoms with E-state index in [2.05, 4.69) is 20.9 Å². The summed E-state index contributed by atoms with van der Waals surface area (Å²) >= 11 is 0. The van der Waals surface area contributed by atoms with Crippen molar-refractivity contribution >= 4 is 17.6 Å². The minimum Gasteiger partial charge on any atom is -0.488 e. The molecule has 0 aliphatic heterocycles. The summed E-state index contributed by atoms with van der Waals surface area (Å²) in [6.07, 6.45) is 3.43. The number of hydrogen-bond acceptors (Lipinski definition) is 4. The topological polar surface area (TPSA) is 92.4 Å². The first kappa shape index (κ1) is 21.8. The second-order valence-electron chi connectivity index (χ2n) is 6.94. The number of ether oxygens (including phenoxy) is 1. The molecule has 1 heterocycles. The molecular weight excluding hydrogens is 392 g/mol. The Balaban J connectivity index is 1.62. The van der Waals surface area contributed by atoms with Crippen molar-refractivity contribution in [3.05, 3.63) is 79.1 Å². The van der Waals surface area contributed by atoms with Gasteiger partial charge in [0.2, 0.25) is 5.91 Å². The zero-order valence-corrected chi connectivity index (χ0v) is 17.4. The Morgan fingerprint density at radius 3 is 2.39 bits per heavy atom. The van der Waals surface area contributed by atoms with Gasteiger partial charge in [0.25, 0.3) is 0 Å². The van der Waals surface area contributed by atoms with Crippen molar-refractivity contribution in [2.75, 3.05) is 18.4 Å². The number of urea groups is 1. The van der Waals surface area contributed by atoms with Gasteiger partial charge in [-0.25, -0.2) is 4.79 Å². The molecule has 3 aromatic rings. The number of benzene rings is 2. The van der Waals surface area contributed by atoms with E-state index in [1.807, 2.05) is 54.6 Å². The number of pyridine rings is 1. The lowest BCUT2D eigenvalue weighted by atomic mass is 10.0. The molecule has 0 saturated heterocycles. The number of carbonyl (C=O) groups excluding carboxylic acids is 2. The monoisotopic (exact) mass is 418 g/mol. The molecule has 0 bridgehead atoms. The first-order chi connectivity index (χ1) is 15.1. The Hall–Kier alpha value is -3.87.